The summed E-state index contributed by atoms with van der Waals surface area (Å²) in [7, 11) is 1.70. The molecule has 0 unspecified atom stereocenters. The van der Waals surface area contributed by atoms with E-state index in [2.05, 4.69) is 66.4 Å². The molecule has 0 fully saturated rings. The van der Waals surface area contributed by atoms with Crippen LogP contribution in [0.25, 0.3) is 10.8 Å². The molecule has 3 aromatic rings. The summed E-state index contributed by atoms with van der Waals surface area (Å²) >= 11 is 0. The predicted octanol–water partition coefficient (Wildman–Crippen LogP) is 5.53. The van der Waals surface area contributed by atoms with Gasteiger partial charge in [0.15, 0.2) is 0 Å². The van der Waals surface area contributed by atoms with E-state index in [9.17, 15) is 0 Å². The van der Waals surface area contributed by atoms with Crippen LogP contribution in [-0.4, -0.2) is 26.8 Å². The summed E-state index contributed by atoms with van der Waals surface area (Å²) in [6.45, 7) is 4.95. The summed E-state index contributed by atoms with van der Waals surface area (Å²) < 4.78 is 11.2. The van der Waals surface area contributed by atoms with Gasteiger partial charge in [0, 0.05) is 18.8 Å². The van der Waals surface area contributed by atoms with E-state index in [4.69, 9.17) is 9.47 Å². The molecule has 0 aliphatic heterocycles. The number of anilines is 1. The van der Waals surface area contributed by atoms with Gasteiger partial charge in [0.2, 0.25) is 0 Å². The molecule has 3 heteroatoms. The van der Waals surface area contributed by atoms with E-state index in [0.29, 0.717) is 6.61 Å². The lowest BCUT2D eigenvalue weighted by Crippen LogP contribution is -2.26. The summed E-state index contributed by atoms with van der Waals surface area (Å²) in [5.74, 6) is 1.83. The topological polar surface area (TPSA) is 21.7 Å². The van der Waals surface area contributed by atoms with Gasteiger partial charge < -0.3 is 14.4 Å². The molecule has 26 heavy (non-hydrogen) atoms. The SMILES string of the molecule is CCCN(CCCOc1ccc2ccccc2c1)c1ccc(OC)cc1. The zero-order valence-electron chi connectivity index (χ0n) is 15.7. The highest BCUT2D eigenvalue weighted by Gasteiger charge is 2.06. The first kappa shape index (κ1) is 18.1. The van der Waals surface area contributed by atoms with E-state index in [-0.39, 0.29) is 0 Å². The van der Waals surface area contributed by atoms with Crippen molar-refractivity contribution >= 4 is 16.5 Å². The van der Waals surface area contributed by atoms with Gasteiger partial charge in [0.25, 0.3) is 0 Å². The minimum atomic E-state index is 0.717. The molecule has 0 saturated heterocycles. The molecule has 3 rings (SSSR count). The van der Waals surface area contributed by atoms with Gasteiger partial charge in [-0.15, -0.1) is 0 Å². The van der Waals surface area contributed by atoms with Crippen LogP contribution in [0.5, 0.6) is 11.5 Å². The van der Waals surface area contributed by atoms with Crippen molar-refractivity contribution < 1.29 is 9.47 Å². The van der Waals surface area contributed by atoms with Crippen LogP contribution in [0.4, 0.5) is 5.69 Å². The molecule has 0 bridgehead atoms. The lowest BCUT2D eigenvalue weighted by molar-refractivity contribution is 0.312. The quantitative estimate of drug-likeness (QED) is 0.474. The summed E-state index contributed by atoms with van der Waals surface area (Å²) in [5, 5.41) is 2.46. The summed E-state index contributed by atoms with van der Waals surface area (Å²) in [6.07, 6.45) is 2.11. The summed E-state index contributed by atoms with van der Waals surface area (Å²) in [6, 6.07) is 22.9. The number of rotatable bonds is 9. The molecule has 3 aromatic carbocycles. The predicted molar refractivity (Wildman–Crippen MR) is 110 cm³/mol. The molecule has 0 N–H and O–H groups in total. The third kappa shape index (κ3) is 4.69. The van der Waals surface area contributed by atoms with Crippen molar-refractivity contribution in [2.45, 2.75) is 19.8 Å². The van der Waals surface area contributed by atoms with E-state index >= 15 is 0 Å². The second kappa shape index (κ2) is 9.14. The molecule has 0 atom stereocenters. The molecule has 0 aliphatic carbocycles. The van der Waals surface area contributed by atoms with Gasteiger partial charge in [-0.2, -0.15) is 0 Å². The smallest absolute Gasteiger partial charge is 0.119 e. The Balaban J connectivity index is 1.53. The fraction of sp³-hybridized carbons (Fsp3) is 0.304. The second-order valence-electron chi connectivity index (χ2n) is 6.40. The largest absolute Gasteiger partial charge is 0.497 e. The van der Waals surface area contributed by atoms with Crippen molar-refractivity contribution in [2.24, 2.45) is 0 Å². The highest BCUT2D eigenvalue weighted by molar-refractivity contribution is 5.83. The minimum Gasteiger partial charge on any atom is -0.497 e. The van der Waals surface area contributed by atoms with E-state index in [0.717, 1.165) is 37.4 Å². The second-order valence-corrected chi connectivity index (χ2v) is 6.40. The maximum absolute atomic E-state index is 5.97. The molecule has 0 spiro atoms. The number of nitrogens with zero attached hydrogens (tertiary/aromatic N) is 1. The Bertz CT molecular complexity index is 814. The zero-order chi connectivity index (χ0) is 18.2. The lowest BCUT2D eigenvalue weighted by atomic mass is 10.1. The van der Waals surface area contributed by atoms with Crippen LogP contribution in [0.1, 0.15) is 19.8 Å². The van der Waals surface area contributed by atoms with E-state index in [1.165, 1.54) is 16.5 Å². The molecule has 0 radical (unpaired) electrons. The van der Waals surface area contributed by atoms with Gasteiger partial charge in [0.1, 0.15) is 11.5 Å². The monoisotopic (exact) mass is 349 g/mol. The van der Waals surface area contributed by atoms with Gasteiger partial charge in [-0.1, -0.05) is 37.3 Å². The number of hydrogen-bond donors (Lipinski definition) is 0. The highest BCUT2D eigenvalue weighted by Crippen LogP contribution is 2.22. The molecule has 0 aromatic heterocycles. The maximum Gasteiger partial charge on any atom is 0.119 e. The van der Waals surface area contributed by atoms with Crippen LogP contribution in [0, 0.1) is 0 Å². The number of ether oxygens (including phenoxy) is 2. The number of methoxy groups -OCH3 is 1. The third-order valence-corrected chi connectivity index (χ3v) is 4.49. The standard InChI is InChI=1S/C23H27NO2/c1-3-15-24(21-10-13-22(25-2)14-11-21)16-6-17-26-23-12-9-19-7-4-5-8-20(19)18-23/h4-5,7-14,18H,3,6,15-17H2,1-2H3. The van der Waals surface area contributed by atoms with E-state index in [1.54, 1.807) is 7.11 Å². The average molecular weight is 349 g/mol. The lowest BCUT2D eigenvalue weighted by Gasteiger charge is -2.24. The number of fused-ring (bicyclic) bond motifs is 1. The Morgan fingerprint density at radius 2 is 1.54 bits per heavy atom. The van der Waals surface area contributed by atoms with Crippen molar-refractivity contribution in [3.05, 3.63) is 66.7 Å². The van der Waals surface area contributed by atoms with Crippen molar-refractivity contribution in [1.29, 1.82) is 0 Å². The first-order valence-corrected chi connectivity index (χ1v) is 9.31. The third-order valence-electron chi connectivity index (χ3n) is 4.49. The van der Waals surface area contributed by atoms with Gasteiger partial charge in [-0.05, 0) is 60.0 Å². The Morgan fingerprint density at radius 1 is 0.808 bits per heavy atom. The summed E-state index contributed by atoms with van der Waals surface area (Å²) in [4.78, 5) is 2.41. The highest BCUT2D eigenvalue weighted by atomic mass is 16.5. The van der Waals surface area contributed by atoms with Crippen LogP contribution >= 0.6 is 0 Å². The van der Waals surface area contributed by atoms with Crippen molar-refractivity contribution in [3.8, 4) is 11.5 Å². The van der Waals surface area contributed by atoms with Crippen molar-refractivity contribution in [2.75, 3.05) is 31.7 Å². The normalized spacial score (nSPS) is 10.7. The maximum atomic E-state index is 5.97. The summed E-state index contributed by atoms with van der Waals surface area (Å²) in [5.41, 5.74) is 1.23. The molecule has 0 aliphatic rings. The Morgan fingerprint density at radius 3 is 2.27 bits per heavy atom. The van der Waals surface area contributed by atoms with Crippen molar-refractivity contribution in [1.82, 2.24) is 0 Å². The van der Waals surface area contributed by atoms with Crippen LogP contribution in [0.3, 0.4) is 0 Å². The fourth-order valence-corrected chi connectivity index (χ4v) is 3.14. The average Bonchev–Trinajstić information content (AvgIpc) is 2.70. The van der Waals surface area contributed by atoms with Crippen LogP contribution < -0.4 is 14.4 Å². The van der Waals surface area contributed by atoms with Crippen LogP contribution in [-0.2, 0) is 0 Å². The van der Waals surface area contributed by atoms with E-state index in [1.807, 2.05) is 12.1 Å². The first-order chi connectivity index (χ1) is 12.8. The molecule has 136 valence electrons. The molecule has 3 nitrogen and oxygen atoms in total. The molecular formula is C23H27NO2. The molecule has 0 amide bonds. The Labute approximate surface area is 156 Å². The molecule has 0 heterocycles. The zero-order valence-corrected chi connectivity index (χ0v) is 15.7. The van der Waals surface area contributed by atoms with Crippen LogP contribution in [0.2, 0.25) is 0 Å². The van der Waals surface area contributed by atoms with Gasteiger partial charge in [-0.25, -0.2) is 0 Å². The van der Waals surface area contributed by atoms with Gasteiger partial charge in [-0.3, -0.25) is 0 Å². The van der Waals surface area contributed by atoms with Gasteiger partial charge in [0.05, 0.1) is 13.7 Å². The Kier molecular flexibility index (Phi) is 6.37. The van der Waals surface area contributed by atoms with Crippen LogP contribution in [0.15, 0.2) is 66.7 Å². The van der Waals surface area contributed by atoms with Crippen molar-refractivity contribution in [3.63, 3.8) is 0 Å². The van der Waals surface area contributed by atoms with Gasteiger partial charge >= 0.3 is 0 Å². The molecule has 0 saturated carbocycles. The molecular weight excluding hydrogens is 322 g/mol. The van der Waals surface area contributed by atoms with E-state index < -0.39 is 0 Å². The minimum absolute atomic E-state index is 0.717. The Hall–Kier alpha value is -2.68. The first-order valence-electron chi connectivity index (χ1n) is 9.31. The fourth-order valence-electron chi connectivity index (χ4n) is 3.14. The number of benzene rings is 3. The number of hydrogen-bond acceptors (Lipinski definition) is 3.